The van der Waals surface area contributed by atoms with Crippen molar-refractivity contribution >= 4 is 28.5 Å². The second kappa shape index (κ2) is 6.68. The van der Waals surface area contributed by atoms with Gasteiger partial charge in [-0.25, -0.2) is 0 Å². The lowest BCUT2D eigenvalue weighted by Gasteiger charge is -2.16. The SMILES string of the molecule is CCCC(CCO)CNc1nc(Cl)nc2[nH]ncc12. The van der Waals surface area contributed by atoms with E-state index in [0.717, 1.165) is 31.2 Å². The van der Waals surface area contributed by atoms with Crippen LogP contribution in [-0.2, 0) is 0 Å². The second-order valence-electron chi connectivity index (χ2n) is 4.52. The maximum atomic E-state index is 9.05. The van der Waals surface area contributed by atoms with Gasteiger partial charge in [0.05, 0.1) is 11.6 Å². The van der Waals surface area contributed by atoms with Gasteiger partial charge in [0.1, 0.15) is 5.82 Å². The van der Waals surface area contributed by atoms with Gasteiger partial charge < -0.3 is 10.4 Å². The smallest absolute Gasteiger partial charge is 0.226 e. The Morgan fingerprint density at radius 3 is 3.00 bits per heavy atom. The number of anilines is 1. The molecule has 0 fully saturated rings. The molecule has 0 saturated carbocycles. The zero-order valence-electron chi connectivity index (χ0n) is 10.9. The van der Waals surface area contributed by atoms with Crippen molar-refractivity contribution in [2.75, 3.05) is 18.5 Å². The van der Waals surface area contributed by atoms with Gasteiger partial charge in [0.2, 0.25) is 5.28 Å². The Bertz CT molecular complexity index is 524. The molecule has 0 aromatic carbocycles. The van der Waals surface area contributed by atoms with Crippen LogP contribution in [-0.4, -0.2) is 38.4 Å². The van der Waals surface area contributed by atoms with Crippen molar-refractivity contribution in [1.82, 2.24) is 20.2 Å². The van der Waals surface area contributed by atoms with Gasteiger partial charge >= 0.3 is 0 Å². The van der Waals surface area contributed by atoms with Crippen molar-refractivity contribution in [3.05, 3.63) is 11.5 Å². The highest BCUT2D eigenvalue weighted by atomic mass is 35.5. The van der Waals surface area contributed by atoms with Gasteiger partial charge in [-0.05, 0) is 30.4 Å². The van der Waals surface area contributed by atoms with Gasteiger partial charge in [-0.2, -0.15) is 15.1 Å². The van der Waals surface area contributed by atoms with Gasteiger partial charge in [0, 0.05) is 13.2 Å². The molecule has 0 saturated heterocycles. The van der Waals surface area contributed by atoms with E-state index in [1.165, 1.54) is 0 Å². The molecule has 104 valence electrons. The molecule has 2 heterocycles. The van der Waals surface area contributed by atoms with E-state index in [-0.39, 0.29) is 11.9 Å². The second-order valence-corrected chi connectivity index (χ2v) is 4.86. The highest BCUT2D eigenvalue weighted by Crippen LogP contribution is 2.21. The summed E-state index contributed by atoms with van der Waals surface area (Å²) in [4.78, 5) is 8.24. The van der Waals surface area contributed by atoms with E-state index < -0.39 is 0 Å². The average molecular weight is 284 g/mol. The van der Waals surface area contributed by atoms with Gasteiger partial charge in [-0.1, -0.05) is 13.3 Å². The Balaban J connectivity index is 2.09. The first-order valence-corrected chi connectivity index (χ1v) is 6.83. The lowest BCUT2D eigenvalue weighted by Crippen LogP contribution is -2.16. The van der Waals surface area contributed by atoms with Crippen LogP contribution < -0.4 is 5.32 Å². The Kier molecular flexibility index (Phi) is 4.93. The average Bonchev–Trinajstić information content (AvgIpc) is 2.84. The molecule has 0 aliphatic carbocycles. The molecular weight excluding hydrogens is 266 g/mol. The predicted molar refractivity (Wildman–Crippen MR) is 75.3 cm³/mol. The molecule has 19 heavy (non-hydrogen) atoms. The quantitative estimate of drug-likeness (QED) is 0.678. The first-order chi connectivity index (χ1) is 9.24. The van der Waals surface area contributed by atoms with Crippen molar-refractivity contribution in [3.63, 3.8) is 0 Å². The number of nitrogens with one attached hydrogen (secondary N) is 2. The van der Waals surface area contributed by atoms with Crippen LogP contribution in [0.25, 0.3) is 11.0 Å². The third-order valence-corrected chi connectivity index (χ3v) is 3.24. The molecule has 3 N–H and O–H groups in total. The molecule has 0 radical (unpaired) electrons. The third kappa shape index (κ3) is 3.54. The molecule has 0 bridgehead atoms. The van der Waals surface area contributed by atoms with Crippen molar-refractivity contribution in [2.24, 2.45) is 5.92 Å². The number of nitrogens with zero attached hydrogens (tertiary/aromatic N) is 3. The van der Waals surface area contributed by atoms with Crippen molar-refractivity contribution < 1.29 is 5.11 Å². The van der Waals surface area contributed by atoms with Gasteiger partial charge in [0.15, 0.2) is 5.65 Å². The maximum absolute atomic E-state index is 9.05. The Morgan fingerprint density at radius 2 is 2.26 bits per heavy atom. The van der Waals surface area contributed by atoms with Crippen LogP contribution in [0, 0.1) is 5.92 Å². The molecule has 1 atom stereocenters. The lowest BCUT2D eigenvalue weighted by molar-refractivity contribution is 0.255. The van der Waals surface area contributed by atoms with Crippen LogP contribution in [0.2, 0.25) is 5.28 Å². The molecule has 2 rings (SSSR count). The number of aliphatic hydroxyl groups excluding tert-OH is 1. The van der Waals surface area contributed by atoms with E-state index in [2.05, 4.69) is 32.4 Å². The summed E-state index contributed by atoms with van der Waals surface area (Å²) in [5.41, 5.74) is 0.622. The minimum atomic E-state index is 0.188. The molecule has 0 aliphatic heterocycles. The summed E-state index contributed by atoms with van der Waals surface area (Å²) in [6.07, 6.45) is 4.63. The number of rotatable bonds is 7. The number of halogens is 1. The highest BCUT2D eigenvalue weighted by Gasteiger charge is 2.11. The topological polar surface area (TPSA) is 86.7 Å². The first kappa shape index (κ1) is 14.0. The van der Waals surface area contributed by atoms with Crippen LogP contribution in [0.3, 0.4) is 0 Å². The number of aromatic nitrogens is 4. The van der Waals surface area contributed by atoms with Gasteiger partial charge in [-0.3, -0.25) is 5.10 Å². The molecule has 2 aromatic heterocycles. The van der Waals surface area contributed by atoms with Gasteiger partial charge in [0.25, 0.3) is 0 Å². The summed E-state index contributed by atoms with van der Waals surface area (Å²) >= 11 is 5.87. The number of aliphatic hydroxyl groups is 1. The van der Waals surface area contributed by atoms with E-state index in [0.29, 0.717) is 17.4 Å². The van der Waals surface area contributed by atoms with E-state index in [1.54, 1.807) is 6.20 Å². The van der Waals surface area contributed by atoms with Crippen LogP contribution in [0.15, 0.2) is 6.20 Å². The zero-order chi connectivity index (χ0) is 13.7. The van der Waals surface area contributed by atoms with Crippen LogP contribution in [0.4, 0.5) is 5.82 Å². The van der Waals surface area contributed by atoms with Crippen LogP contribution >= 0.6 is 11.6 Å². The van der Waals surface area contributed by atoms with Crippen molar-refractivity contribution in [3.8, 4) is 0 Å². The van der Waals surface area contributed by atoms with E-state index in [9.17, 15) is 0 Å². The molecule has 2 aromatic rings. The molecule has 0 aliphatic rings. The van der Waals surface area contributed by atoms with Crippen LogP contribution in [0.1, 0.15) is 26.2 Å². The Morgan fingerprint density at radius 1 is 1.42 bits per heavy atom. The van der Waals surface area contributed by atoms with Gasteiger partial charge in [-0.15, -0.1) is 0 Å². The number of hydrogen-bond acceptors (Lipinski definition) is 5. The maximum Gasteiger partial charge on any atom is 0.226 e. The third-order valence-electron chi connectivity index (χ3n) is 3.07. The lowest BCUT2D eigenvalue weighted by atomic mass is 10.0. The van der Waals surface area contributed by atoms with Crippen molar-refractivity contribution in [1.29, 1.82) is 0 Å². The summed E-state index contributed by atoms with van der Waals surface area (Å²) in [7, 11) is 0. The summed E-state index contributed by atoms with van der Waals surface area (Å²) in [5.74, 6) is 1.11. The molecular formula is C12H18ClN5O. The Hall–Kier alpha value is -1.40. The summed E-state index contributed by atoms with van der Waals surface area (Å²) in [6.45, 7) is 3.10. The fraction of sp³-hybridized carbons (Fsp3) is 0.583. The predicted octanol–water partition coefficient (Wildman–Crippen LogP) is 2.22. The van der Waals surface area contributed by atoms with E-state index >= 15 is 0 Å². The monoisotopic (exact) mass is 283 g/mol. The zero-order valence-corrected chi connectivity index (χ0v) is 11.6. The van der Waals surface area contributed by atoms with E-state index in [4.69, 9.17) is 16.7 Å². The summed E-state index contributed by atoms with van der Waals surface area (Å²) in [6, 6.07) is 0. The summed E-state index contributed by atoms with van der Waals surface area (Å²) in [5, 5.41) is 20.1. The molecule has 0 spiro atoms. The molecule has 6 nitrogen and oxygen atoms in total. The fourth-order valence-electron chi connectivity index (χ4n) is 2.12. The number of H-pyrrole nitrogens is 1. The minimum Gasteiger partial charge on any atom is -0.396 e. The number of fused-ring (bicyclic) bond motifs is 1. The standard InChI is InChI=1S/C12H18ClN5O/c1-2-3-8(4-5-19)6-14-10-9-7-15-18-11(9)17-12(13)16-10/h7-8,19H,2-6H2,1H3,(H2,14,15,16,17,18). The highest BCUT2D eigenvalue weighted by molar-refractivity contribution is 6.28. The largest absolute Gasteiger partial charge is 0.396 e. The minimum absolute atomic E-state index is 0.188. The van der Waals surface area contributed by atoms with E-state index in [1.807, 2.05) is 0 Å². The first-order valence-electron chi connectivity index (χ1n) is 6.46. The molecule has 7 heteroatoms. The number of aromatic amines is 1. The Labute approximate surface area is 116 Å². The fourth-order valence-corrected chi connectivity index (χ4v) is 2.29. The summed E-state index contributed by atoms with van der Waals surface area (Å²) < 4.78 is 0. The van der Waals surface area contributed by atoms with Crippen molar-refractivity contribution in [2.45, 2.75) is 26.2 Å². The normalized spacial score (nSPS) is 12.8. The van der Waals surface area contributed by atoms with Crippen LogP contribution in [0.5, 0.6) is 0 Å². The molecule has 1 unspecified atom stereocenters. The number of hydrogen-bond donors (Lipinski definition) is 3. The molecule has 0 amide bonds.